The minimum absolute atomic E-state index is 0.177. The predicted octanol–water partition coefficient (Wildman–Crippen LogP) is 1.35. The normalized spacial score (nSPS) is 19.4. The highest BCUT2D eigenvalue weighted by Gasteiger charge is 2.43. The van der Waals surface area contributed by atoms with Crippen LogP contribution >= 0.6 is 0 Å². The van der Waals surface area contributed by atoms with Gasteiger partial charge in [0.15, 0.2) is 0 Å². The number of para-hydroxylation sites is 2. The number of rotatable bonds is 2. The Morgan fingerprint density at radius 2 is 1.94 bits per heavy atom. The fraction of sp³-hybridized carbons (Fsp3) is 0.417. The number of fused-ring (bicyclic) bond motifs is 3. The highest BCUT2D eigenvalue weighted by atomic mass is 32.2. The number of sulfonamides is 1. The van der Waals surface area contributed by atoms with Crippen LogP contribution < -0.4 is 4.31 Å². The zero-order chi connectivity index (χ0) is 12.3. The Balaban J connectivity index is 1.89. The zero-order valence-electron chi connectivity index (χ0n) is 9.78. The van der Waals surface area contributed by atoms with Gasteiger partial charge in [-0.05, 0) is 25.0 Å². The lowest BCUT2D eigenvalue weighted by atomic mass is 10.3. The summed E-state index contributed by atoms with van der Waals surface area (Å²) in [4.78, 5) is 4.46. The summed E-state index contributed by atoms with van der Waals surface area (Å²) in [5.41, 5.74) is 1.88. The van der Waals surface area contributed by atoms with Crippen LogP contribution in [-0.2, 0) is 16.6 Å². The Morgan fingerprint density at radius 1 is 1.17 bits per heavy atom. The van der Waals surface area contributed by atoms with E-state index in [9.17, 15) is 8.42 Å². The Kier molecular flexibility index (Phi) is 1.88. The number of nitrogens with zero attached hydrogens (tertiary/aromatic N) is 3. The van der Waals surface area contributed by atoms with Gasteiger partial charge in [-0.1, -0.05) is 12.1 Å². The Bertz CT molecular complexity index is 731. The van der Waals surface area contributed by atoms with Crippen LogP contribution in [0, 0.1) is 0 Å². The molecule has 5 nitrogen and oxygen atoms in total. The summed E-state index contributed by atoms with van der Waals surface area (Å²) in [6.45, 7) is 1.22. The van der Waals surface area contributed by atoms with Crippen molar-refractivity contribution in [3.8, 4) is 0 Å². The number of anilines is 1. The number of hydrogen-bond donors (Lipinski definition) is 0. The highest BCUT2D eigenvalue weighted by molar-refractivity contribution is 7.93. The van der Waals surface area contributed by atoms with Crippen LogP contribution in [0.3, 0.4) is 0 Å². The van der Waals surface area contributed by atoms with E-state index in [4.69, 9.17) is 0 Å². The Hall–Kier alpha value is -1.56. The van der Waals surface area contributed by atoms with Gasteiger partial charge in [0.2, 0.25) is 16.0 Å². The van der Waals surface area contributed by atoms with Crippen molar-refractivity contribution in [3.05, 3.63) is 24.3 Å². The van der Waals surface area contributed by atoms with E-state index in [0.29, 0.717) is 19.0 Å². The molecule has 94 valence electrons. The second-order valence-electron chi connectivity index (χ2n) is 4.87. The minimum atomic E-state index is -3.18. The summed E-state index contributed by atoms with van der Waals surface area (Å²) < 4.78 is 28.1. The molecule has 1 aromatic carbocycles. The van der Waals surface area contributed by atoms with Crippen LogP contribution in [0.5, 0.6) is 0 Å². The fourth-order valence-corrected chi connectivity index (χ4v) is 4.35. The lowest BCUT2D eigenvalue weighted by molar-refractivity contribution is 0.590. The Morgan fingerprint density at radius 3 is 2.72 bits per heavy atom. The molecule has 0 N–H and O–H groups in total. The summed E-state index contributed by atoms with van der Waals surface area (Å²) >= 11 is 0. The fourth-order valence-electron chi connectivity index (χ4n) is 2.55. The molecule has 1 aromatic heterocycles. The number of benzene rings is 1. The molecule has 18 heavy (non-hydrogen) atoms. The molecule has 6 heteroatoms. The van der Waals surface area contributed by atoms with E-state index in [1.54, 1.807) is 0 Å². The van der Waals surface area contributed by atoms with Crippen molar-refractivity contribution in [2.75, 3.05) is 10.8 Å². The van der Waals surface area contributed by atoms with Crippen LogP contribution in [0.2, 0.25) is 0 Å². The lowest BCUT2D eigenvalue weighted by Gasteiger charge is -2.15. The standard InChI is InChI=1S/C12H13N3O2S/c16-18(17,9-5-6-9)15-8-7-14-11-4-2-1-3-10(11)13-12(14)15/h1-4,9H,5-8H2. The molecular weight excluding hydrogens is 250 g/mol. The van der Waals surface area contributed by atoms with E-state index in [1.165, 1.54) is 4.31 Å². The molecule has 0 unspecified atom stereocenters. The zero-order valence-corrected chi connectivity index (χ0v) is 10.6. The van der Waals surface area contributed by atoms with Crippen molar-refractivity contribution in [3.63, 3.8) is 0 Å². The van der Waals surface area contributed by atoms with Crippen molar-refractivity contribution >= 4 is 27.0 Å². The highest BCUT2D eigenvalue weighted by Crippen LogP contribution is 2.36. The topological polar surface area (TPSA) is 55.2 Å². The van der Waals surface area contributed by atoms with Crippen LogP contribution in [0.4, 0.5) is 5.95 Å². The average Bonchev–Trinajstić information content (AvgIpc) is 3.03. The summed E-state index contributed by atoms with van der Waals surface area (Å²) in [6, 6.07) is 7.78. The molecule has 0 saturated heterocycles. The largest absolute Gasteiger partial charge is 0.307 e. The molecule has 0 spiro atoms. The van der Waals surface area contributed by atoms with E-state index in [0.717, 1.165) is 23.9 Å². The third-order valence-electron chi connectivity index (χ3n) is 3.64. The molecule has 0 amide bonds. The third-order valence-corrected chi connectivity index (χ3v) is 5.91. The van der Waals surface area contributed by atoms with Crippen LogP contribution in [0.25, 0.3) is 11.0 Å². The molecule has 2 aromatic rings. The lowest BCUT2D eigenvalue weighted by Crippen LogP contribution is -2.32. The second-order valence-corrected chi connectivity index (χ2v) is 7.01. The number of hydrogen-bond acceptors (Lipinski definition) is 3. The molecule has 0 atom stereocenters. The average molecular weight is 263 g/mol. The van der Waals surface area contributed by atoms with Crippen molar-refractivity contribution in [2.45, 2.75) is 24.6 Å². The van der Waals surface area contributed by atoms with Gasteiger partial charge in [-0.15, -0.1) is 0 Å². The van der Waals surface area contributed by atoms with E-state index in [1.807, 2.05) is 28.8 Å². The molecule has 1 aliphatic carbocycles. The molecule has 2 aliphatic rings. The van der Waals surface area contributed by atoms with Crippen molar-refractivity contribution in [2.24, 2.45) is 0 Å². The van der Waals surface area contributed by atoms with E-state index in [2.05, 4.69) is 4.98 Å². The molecule has 0 radical (unpaired) electrons. The van der Waals surface area contributed by atoms with Gasteiger partial charge in [-0.3, -0.25) is 0 Å². The number of aromatic nitrogens is 2. The first kappa shape index (κ1) is 10.4. The summed E-state index contributed by atoms with van der Waals surface area (Å²) in [7, 11) is -3.18. The molecule has 4 rings (SSSR count). The van der Waals surface area contributed by atoms with Gasteiger partial charge in [-0.2, -0.15) is 0 Å². The van der Waals surface area contributed by atoms with Gasteiger partial charge in [0, 0.05) is 6.54 Å². The minimum Gasteiger partial charge on any atom is -0.307 e. The molecule has 0 bridgehead atoms. The van der Waals surface area contributed by atoms with Gasteiger partial charge in [0.1, 0.15) is 0 Å². The SMILES string of the molecule is O=S(=O)(C1CC1)N1CCn2c1nc1ccccc12. The van der Waals surface area contributed by atoms with Gasteiger partial charge in [0.25, 0.3) is 0 Å². The maximum Gasteiger partial charge on any atom is 0.240 e. The second kappa shape index (κ2) is 3.26. The monoisotopic (exact) mass is 263 g/mol. The first-order chi connectivity index (χ1) is 8.68. The van der Waals surface area contributed by atoms with Gasteiger partial charge in [0.05, 0.1) is 22.8 Å². The molecule has 1 saturated carbocycles. The predicted molar refractivity (Wildman–Crippen MR) is 69.0 cm³/mol. The van der Waals surface area contributed by atoms with E-state index in [-0.39, 0.29) is 5.25 Å². The summed E-state index contributed by atoms with van der Waals surface area (Å²) in [5.74, 6) is 0.586. The Labute approximate surface area is 105 Å². The molecule has 1 fully saturated rings. The van der Waals surface area contributed by atoms with E-state index < -0.39 is 10.0 Å². The van der Waals surface area contributed by atoms with Gasteiger partial charge in [-0.25, -0.2) is 17.7 Å². The maximum atomic E-state index is 12.3. The van der Waals surface area contributed by atoms with Crippen LogP contribution in [0.1, 0.15) is 12.8 Å². The van der Waals surface area contributed by atoms with E-state index >= 15 is 0 Å². The quantitative estimate of drug-likeness (QED) is 0.821. The van der Waals surface area contributed by atoms with Gasteiger partial charge >= 0.3 is 0 Å². The van der Waals surface area contributed by atoms with Gasteiger partial charge < -0.3 is 4.57 Å². The smallest absolute Gasteiger partial charge is 0.240 e. The summed E-state index contributed by atoms with van der Waals surface area (Å²) in [6.07, 6.45) is 1.58. The maximum absolute atomic E-state index is 12.3. The first-order valence-corrected chi connectivity index (χ1v) is 7.65. The van der Waals surface area contributed by atoms with Crippen LogP contribution in [0.15, 0.2) is 24.3 Å². The third kappa shape index (κ3) is 1.26. The van der Waals surface area contributed by atoms with Crippen LogP contribution in [-0.4, -0.2) is 29.8 Å². The molecule has 2 heterocycles. The number of imidazole rings is 1. The van der Waals surface area contributed by atoms with Crippen molar-refractivity contribution < 1.29 is 8.42 Å². The molecule has 1 aliphatic heterocycles. The first-order valence-electron chi connectivity index (χ1n) is 6.15. The van der Waals surface area contributed by atoms with Crippen molar-refractivity contribution in [1.29, 1.82) is 0 Å². The molecular formula is C12H13N3O2S. The summed E-state index contributed by atoms with van der Waals surface area (Å²) in [5, 5.41) is -0.177. The van der Waals surface area contributed by atoms with Crippen molar-refractivity contribution in [1.82, 2.24) is 9.55 Å².